The molecule has 2 N–H and O–H groups in total. The first-order valence-electron chi connectivity index (χ1n) is 6.56. The van der Waals surface area contributed by atoms with Gasteiger partial charge in [0, 0.05) is 6.04 Å². The van der Waals surface area contributed by atoms with E-state index in [0.717, 1.165) is 6.42 Å². The molecule has 18 heavy (non-hydrogen) atoms. The monoisotopic (exact) mass is 248 g/mol. The quantitative estimate of drug-likeness (QED) is 0.808. The van der Waals surface area contributed by atoms with Gasteiger partial charge >= 0.3 is 0 Å². The summed E-state index contributed by atoms with van der Waals surface area (Å²) in [6, 6.07) is 10.3. The Hall–Kier alpha value is -1.35. The smallest absolute Gasteiger partial charge is 0.237 e. The summed E-state index contributed by atoms with van der Waals surface area (Å²) in [4.78, 5) is 12.0. The Morgan fingerprint density at radius 1 is 1.17 bits per heavy atom. The van der Waals surface area contributed by atoms with E-state index >= 15 is 0 Å². The van der Waals surface area contributed by atoms with Gasteiger partial charge in [0.1, 0.15) is 0 Å². The SMILES string of the molecule is CNC(C(=O)NC(C)C)C(C)Cc1ccccc1. The summed E-state index contributed by atoms with van der Waals surface area (Å²) >= 11 is 0. The maximum atomic E-state index is 12.0. The molecule has 2 unspecified atom stereocenters. The van der Waals surface area contributed by atoms with Gasteiger partial charge in [0.25, 0.3) is 0 Å². The van der Waals surface area contributed by atoms with E-state index in [0.29, 0.717) is 0 Å². The second-order valence-corrected chi connectivity index (χ2v) is 5.10. The van der Waals surface area contributed by atoms with Crippen LogP contribution < -0.4 is 10.6 Å². The van der Waals surface area contributed by atoms with Crippen LogP contribution in [0.1, 0.15) is 26.3 Å². The summed E-state index contributed by atoms with van der Waals surface area (Å²) in [5.74, 6) is 0.340. The van der Waals surface area contributed by atoms with Gasteiger partial charge in [-0.25, -0.2) is 0 Å². The summed E-state index contributed by atoms with van der Waals surface area (Å²) in [5.41, 5.74) is 1.27. The normalized spacial score (nSPS) is 14.3. The molecule has 0 aliphatic rings. The van der Waals surface area contributed by atoms with E-state index in [2.05, 4.69) is 29.7 Å². The van der Waals surface area contributed by atoms with Crippen molar-refractivity contribution in [1.29, 1.82) is 0 Å². The van der Waals surface area contributed by atoms with E-state index < -0.39 is 0 Å². The third-order valence-corrected chi connectivity index (χ3v) is 2.99. The molecule has 1 aromatic rings. The van der Waals surface area contributed by atoms with Gasteiger partial charge in [0.05, 0.1) is 6.04 Å². The first-order chi connectivity index (χ1) is 8.54. The first-order valence-corrected chi connectivity index (χ1v) is 6.56. The summed E-state index contributed by atoms with van der Waals surface area (Å²) in [6.45, 7) is 6.06. The topological polar surface area (TPSA) is 41.1 Å². The molecule has 0 spiro atoms. The number of benzene rings is 1. The van der Waals surface area contributed by atoms with Crippen molar-refractivity contribution in [3.63, 3.8) is 0 Å². The van der Waals surface area contributed by atoms with Crippen LogP contribution >= 0.6 is 0 Å². The third-order valence-electron chi connectivity index (χ3n) is 2.99. The van der Waals surface area contributed by atoms with E-state index in [1.165, 1.54) is 5.56 Å². The second-order valence-electron chi connectivity index (χ2n) is 5.10. The van der Waals surface area contributed by atoms with Crippen LogP contribution in [-0.4, -0.2) is 25.0 Å². The molecule has 0 aliphatic carbocycles. The van der Waals surface area contributed by atoms with Gasteiger partial charge in [-0.2, -0.15) is 0 Å². The van der Waals surface area contributed by atoms with Crippen molar-refractivity contribution in [3.05, 3.63) is 35.9 Å². The molecule has 0 aromatic heterocycles. The Labute approximate surface area is 110 Å². The lowest BCUT2D eigenvalue weighted by atomic mass is 9.93. The molecule has 3 nitrogen and oxygen atoms in total. The maximum absolute atomic E-state index is 12.0. The van der Waals surface area contributed by atoms with Gasteiger partial charge < -0.3 is 10.6 Å². The highest BCUT2D eigenvalue weighted by atomic mass is 16.2. The van der Waals surface area contributed by atoms with E-state index in [4.69, 9.17) is 0 Å². The van der Waals surface area contributed by atoms with Crippen molar-refractivity contribution in [2.75, 3.05) is 7.05 Å². The van der Waals surface area contributed by atoms with Crippen LogP contribution in [-0.2, 0) is 11.2 Å². The van der Waals surface area contributed by atoms with E-state index in [9.17, 15) is 4.79 Å². The van der Waals surface area contributed by atoms with E-state index in [-0.39, 0.29) is 23.9 Å². The molecule has 1 amide bonds. The zero-order chi connectivity index (χ0) is 13.5. The standard InChI is InChI=1S/C15H24N2O/c1-11(2)17-15(18)14(16-4)12(3)10-13-8-6-5-7-9-13/h5-9,11-12,14,16H,10H2,1-4H3,(H,17,18). The lowest BCUT2D eigenvalue weighted by Crippen LogP contribution is -2.49. The second kappa shape index (κ2) is 7.17. The minimum absolute atomic E-state index is 0.0796. The van der Waals surface area contributed by atoms with Crippen LogP contribution in [0.4, 0.5) is 0 Å². The molecule has 1 aromatic carbocycles. The van der Waals surface area contributed by atoms with Crippen LogP contribution in [0.25, 0.3) is 0 Å². The number of carbonyl (C=O) groups is 1. The molecule has 0 saturated heterocycles. The third kappa shape index (κ3) is 4.49. The summed E-state index contributed by atoms with van der Waals surface area (Å²) in [5, 5.41) is 6.07. The lowest BCUT2D eigenvalue weighted by molar-refractivity contribution is -0.124. The summed E-state index contributed by atoms with van der Waals surface area (Å²) < 4.78 is 0. The Morgan fingerprint density at radius 3 is 2.28 bits per heavy atom. The molecule has 3 heteroatoms. The predicted molar refractivity (Wildman–Crippen MR) is 75.4 cm³/mol. The highest BCUT2D eigenvalue weighted by Gasteiger charge is 2.23. The Balaban J connectivity index is 2.62. The Kier molecular flexibility index (Phi) is 5.86. The van der Waals surface area contributed by atoms with Crippen molar-refractivity contribution in [2.24, 2.45) is 5.92 Å². The molecule has 2 atom stereocenters. The van der Waals surface area contributed by atoms with Gasteiger partial charge in [-0.15, -0.1) is 0 Å². The first kappa shape index (κ1) is 14.7. The molecule has 1 rings (SSSR count). The minimum atomic E-state index is -0.146. The fourth-order valence-electron chi connectivity index (χ4n) is 2.15. The summed E-state index contributed by atoms with van der Waals surface area (Å²) in [7, 11) is 1.84. The Bertz CT molecular complexity index is 362. The molecule has 0 saturated carbocycles. The molecule has 0 radical (unpaired) electrons. The van der Waals surface area contributed by atoms with Gasteiger partial charge in [-0.05, 0) is 38.8 Å². The van der Waals surface area contributed by atoms with Crippen molar-refractivity contribution < 1.29 is 4.79 Å². The molecule has 0 bridgehead atoms. The number of amides is 1. The average molecular weight is 248 g/mol. The highest BCUT2D eigenvalue weighted by Crippen LogP contribution is 2.12. The van der Waals surface area contributed by atoms with Crippen molar-refractivity contribution in [2.45, 2.75) is 39.3 Å². The van der Waals surface area contributed by atoms with Crippen molar-refractivity contribution in [1.82, 2.24) is 10.6 Å². The molecule has 0 heterocycles. The van der Waals surface area contributed by atoms with Crippen molar-refractivity contribution in [3.8, 4) is 0 Å². The van der Waals surface area contributed by atoms with Gasteiger partial charge in [0.2, 0.25) is 5.91 Å². The molecule has 0 fully saturated rings. The van der Waals surface area contributed by atoms with Crippen LogP contribution in [0.5, 0.6) is 0 Å². The fraction of sp³-hybridized carbons (Fsp3) is 0.533. The maximum Gasteiger partial charge on any atom is 0.237 e. The van der Waals surface area contributed by atoms with Gasteiger partial charge in [0.15, 0.2) is 0 Å². The van der Waals surface area contributed by atoms with Gasteiger partial charge in [-0.1, -0.05) is 37.3 Å². The number of hydrogen-bond acceptors (Lipinski definition) is 2. The highest BCUT2D eigenvalue weighted by molar-refractivity contribution is 5.82. The molecule has 0 aliphatic heterocycles. The zero-order valence-electron chi connectivity index (χ0n) is 11.7. The number of carbonyl (C=O) groups excluding carboxylic acids is 1. The van der Waals surface area contributed by atoms with E-state index in [1.54, 1.807) is 0 Å². The zero-order valence-corrected chi connectivity index (χ0v) is 11.7. The minimum Gasteiger partial charge on any atom is -0.353 e. The lowest BCUT2D eigenvalue weighted by Gasteiger charge is -2.24. The number of hydrogen-bond donors (Lipinski definition) is 2. The largest absolute Gasteiger partial charge is 0.353 e. The van der Waals surface area contributed by atoms with Gasteiger partial charge in [-0.3, -0.25) is 4.79 Å². The van der Waals surface area contributed by atoms with Crippen LogP contribution in [0, 0.1) is 5.92 Å². The number of likely N-dealkylation sites (N-methyl/N-ethyl adjacent to an activating group) is 1. The molecule has 100 valence electrons. The van der Waals surface area contributed by atoms with Crippen LogP contribution in [0.3, 0.4) is 0 Å². The number of rotatable bonds is 6. The fourth-order valence-corrected chi connectivity index (χ4v) is 2.15. The molecular weight excluding hydrogens is 224 g/mol. The molecular formula is C15H24N2O. The number of nitrogens with one attached hydrogen (secondary N) is 2. The predicted octanol–water partition coefficient (Wildman–Crippen LogP) is 1.98. The van der Waals surface area contributed by atoms with Crippen LogP contribution in [0.2, 0.25) is 0 Å². The average Bonchev–Trinajstić information content (AvgIpc) is 2.30. The Morgan fingerprint density at radius 2 is 1.78 bits per heavy atom. The summed E-state index contributed by atoms with van der Waals surface area (Å²) in [6.07, 6.45) is 0.901. The van der Waals surface area contributed by atoms with E-state index in [1.807, 2.05) is 39.1 Å². The van der Waals surface area contributed by atoms with Crippen LogP contribution in [0.15, 0.2) is 30.3 Å². The van der Waals surface area contributed by atoms with Crippen molar-refractivity contribution >= 4 is 5.91 Å².